The minimum Gasteiger partial charge on any atom is -0.314 e. The second-order valence-electron chi connectivity index (χ2n) is 5.95. The third kappa shape index (κ3) is 3.45. The number of hydrogen-bond donors (Lipinski definition) is 1. The van der Waals surface area contributed by atoms with Gasteiger partial charge in [0.15, 0.2) is 0 Å². The highest BCUT2D eigenvalue weighted by molar-refractivity contribution is 4.88. The second kappa shape index (κ2) is 6.75. The molecular formula is C15H30N2. The van der Waals surface area contributed by atoms with Crippen molar-refractivity contribution in [2.45, 2.75) is 70.9 Å². The lowest BCUT2D eigenvalue weighted by atomic mass is 9.89. The summed E-state index contributed by atoms with van der Waals surface area (Å²) in [5.41, 5.74) is 0. The van der Waals surface area contributed by atoms with Crippen LogP contribution in [-0.4, -0.2) is 36.6 Å². The van der Waals surface area contributed by atoms with E-state index in [1.807, 2.05) is 0 Å². The molecule has 17 heavy (non-hydrogen) atoms. The van der Waals surface area contributed by atoms with Crippen molar-refractivity contribution in [1.82, 2.24) is 10.2 Å². The fraction of sp³-hybridized carbons (Fsp3) is 1.00. The molecule has 0 bridgehead atoms. The van der Waals surface area contributed by atoms with Crippen molar-refractivity contribution in [2.24, 2.45) is 5.92 Å². The van der Waals surface area contributed by atoms with Gasteiger partial charge in [0, 0.05) is 18.6 Å². The highest BCUT2D eigenvalue weighted by atomic mass is 15.2. The Morgan fingerprint density at radius 2 is 1.88 bits per heavy atom. The number of piperidine rings is 1. The van der Waals surface area contributed by atoms with Gasteiger partial charge in [0.2, 0.25) is 0 Å². The summed E-state index contributed by atoms with van der Waals surface area (Å²) in [4.78, 5) is 2.80. The molecule has 100 valence electrons. The zero-order valence-corrected chi connectivity index (χ0v) is 11.8. The standard InChI is InChI=1S/C15H30N2/c1-3-10-16-15-9-11-17(12-13(15)4-2)14-7-5-6-8-14/h13-16H,3-12H2,1-2H3. The smallest absolute Gasteiger partial charge is 0.0120 e. The summed E-state index contributed by atoms with van der Waals surface area (Å²) in [5, 5.41) is 3.76. The Bertz CT molecular complexity index is 211. The Kier molecular flexibility index (Phi) is 5.30. The van der Waals surface area contributed by atoms with Crippen LogP contribution in [0.25, 0.3) is 0 Å². The van der Waals surface area contributed by atoms with Crippen LogP contribution < -0.4 is 5.32 Å². The fourth-order valence-corrected chi connectivity index (χ4v) is 3.67. The first kappa shape index (κ1) is 13.4. The van der Waals surface area contributed by atoms with Gasteiger partial charge in [-0.3, -0.25) is 4.90 Å². The third-order valence-electron chi connectivity index (χ3n) is 4.79. The summed E-state index contributed by atoms with van der Waals surface area (Å²) in [6.45, 7) is 8.51. The van der Waals surface area contributed by atoms with Crippen LogP contribution >= 0.6 is 0 Å². The quantitative estimate of drug-likeness (QED) is 0.792. The Morgan fingerprint density at radius 3 is 2.53 bits per heavy atom. The molecule has 2 rings (SSSR count). The van der Waals surface area contributed by atoms with Gasteiger partial charge in [-0.05, 0) is 44.7 Å². The highest BCUT2D eigenvalue weighted by Crippen LogP contribution is 2.29. The van der Waals surface area contributed by atoms with Gasteiger partial charge in [-0.2, -0.15) is 0 Å². The summed E-state index contributed by atoms with van der Waals surface area (Å²) >= 11 is 0. The molecule has 2 atom stereocenters. The molecule has 2 nitrogen and oxygen atoms in total. The Balaban J connectivity index is 1.83. The molecule has 1 aliphatic heterocycles. The van der Waals surface area contributed by atoms with E-state index in [0.717, 1.165) is 18.0 Å². The van der Waals surface area contributed by atoms with Crippen molar-refractivity contribution < 1.29 is 0 Å². The third-order valence-corrected chi connectivity index (χ3v) is 4.79. The van der Waals surface area contributed by atoms with E-state index in [2.05, 4.69) is 24.1 Å². The van der Waals surface area contributed by atoms with Crippen molar-refractivity contribution in [3.8, 4) is 0 Å². The molecule has 1 aliphatic carbocycles. The molecule has 2 aliphatic rings. The lowest BCUT2D eigenvalue weighted by Crippen LogP contribution is -2.51. The van der Waals surface area contributed by atoms with Gasteiger partial charge in [-0.25, -0.2) is 0 Å². The van der Waals surface area contributed by atoms with Crippen LogP contribution in [0.15, 0.2) is 0 Å². The SMILES string of the molecule is CCCNC1CCN(C2CCCC2)CC1CC. The second-order valence-corrected chi connectivity index (χ2v) is 5.95. The Labute approximate surface area is 107 Å². The maximum Gasteiger partial charge on any atom is 0.0120 e. The van der Waals surface area contributed by atoms with E-state index in [4.69, 9.17) is 0 Å². The first-order valence-electron chi connectivity index (χ1n) is 7.82. The van der Waals surface area contributed by atoms with E-state index in [-0.39, 0.29) is 0 Å². The Morgan fingerprint density at radius 1 is 1.12 bits per heavy atom. The summed E-state index contributed by atoms with van der Waals surface area (Å²) in [6.07, 6.45) is 9.83. The van der Waals surface area contributed by atoms with E-state index in [1.54, 1.807) is 0 Å². The molecular weight excluding hydrogens is 208 g/mol. The van der Waals surface area contributed by atoms with Gasteiger partial charge >= 0.3 is 0 Å². The summed E-state index contributed by atoms with van der Waals surface area (Å²) in [6, 6.07) is 1.72. The van der Waals surface area contributed by atoms with Gasteiger partial charge in [-0.1, -0.05) is 33.1 Å². The van der Waals surface area contributed by atoms with Crippen molar-refractivity contribution in [1.29, 1.82) is 0 Å². The van der Waals surface area contributed by atoms with Gasteiger partial charge in [0.1, 0.15) is 0 Å². The molecule has 1 saturated carbocycles. The molecule has 0 aromatic rings. The van der Waals surface area contributed by atoms with Crippen LogP contribution in [-0.2, 0) is 0 Å². The largest absolute Gasteiger partial charge is 0.314 e. The predicted octanol–water partition coefficient (Wildman–Crippen LogP) is 3.03. The van der Waals surface area contributed by atoms with Crippen LogP contribution in [0, 0.1) is 5.92 Å². The van der Waals surface area contributed by atoms with Crippen molar-refractivity contribution >= 4 is 0 Å². The van der Waals surface area contributed by atoms with Crippen LogP contribution in [0.3, 0.4) is 0 Å². The molecule has 2 unspecified atom stereocenters. The zero-order valence-electron chi connectivity index (χ0n) is 11.8. The topological polar surface area (TPSA) is 15.3 Å². The van der Waals surface area contributed by atoms with Gasteiger partial charge in [0.05, 0.1) is 0 Å². The molecule has 1 heterocycles. The first-order valence-corrected chi connectivity index (χ1v) is 7.82. The summed E-state index contributed by atoms with van der Waals surface area (Å²) in [7, 11) is 0. The van der Waals surface area contributed by atoms with Crippen LogP contribution in [0.2, 0.25) is 0 Å². The van der Waals surface area contributed by atoms with Crippen molar-refractivity contribution in [3.05, 3.63) is 0 Å². The van der Waals surface area contributed by atoms with Crippen LogP contribution in [0.5, 0.6) is 0 Å². The average molecular weight is 238 g/mol. The molecule has 1 N–H and O–H groups in total. The molecule has 2 fully saturated rings. The molecule has 0 spiro atoms. The average Bonchev–Trinajstić information content (AvgIpc) is 2.90. The highest BCUT2D eigenvalue weighted by Gasteiger charge is 2.31. The van der Waals surface area contributed by atoms with E-state index in [0.29, 0.717) is 0 Å². The van der Waals surface area contributed by atoms with Crippen LogP contribution in [0.1, 0.15) is 58.8 Å². The lowest BCUT2D eigenvalue weighted by molar-refractivity contribution is 0.0962. The van der Waals surface area contributed by atoms with E-state index in [9.17, 15) is 0 Å². The molecule has 0 amide bonds. The molecule has 0 aromatic heterocycles. The normalized spacial score (nSPS) is 32.1. The lowest BCUT2D eigenvalue weighted by Gasteiger charge is -2.41. The number of hydrogen-bond acceptors (Lipinski definition) is 2. The summed E-state index contributed by atoms with van der Waals surface area (Å²) in [5.74, 6) is 0.885. The minimum absolute atomic E-state index is 0.789. The maximum atomic E-state index is 3.76. The maximum absolute atomic E-state index is 3.76. The number of nitrogens with one attached hydrogen (secondary N) is 1. The van der Waals surface area contributed by atoms with Crippen molar-refractivity contribution in [3.63, 3.8) is 0 Å². The van der Waals surface area contributed by atoms with E-state index >= 15 is 0 Å². The predicted molar refractivity (Wildman–Crippen MR) is 74.3 cm³/mol. The first-order chi connectivity index (χ1) is 8.35. The van der Waals surface area contributed by atoms with Gasteiger partial charge in [-0.15, -0.1) is 0 Å². The molecule has 0 radical (unpaired) electrons. The number of nitrogens with zero attached hydrogens (tertiary/aromatic N) is 1. The molecule has 1 saturated heterocycles. The van der Waals surface area contributed by atoms with Crippen molar-refractivity contribution in [2.75, 3.05) is 19.6 Å². The summed E-state index contributed by atoms with van der Waals surface area (Å²) < 4.78 is 0. The number of likely N-dealkylation sites (tertiary alicyclic amines) is 1. The molecule has 0 aromatic carbocycles. The zero-order chi connectivity index (χ0) is 12.1. The fourth-order valence-electron chi connectivity index (χ4n) is 3.67. The van der Waals surface area contributed by atoms with E-state index < -0.39 is 0 Å². The van der Waals surface area contributed by atoms with Crippen LogP contribution in [0.4, 0.5) is 0 Å². The molecule has 2 heteroatoms. The van der Waals surface area contributed by atoms with Gasteiger partial charge < -0.3 is 5.32 Å². The Hall–Kier alpha value is -0.0800. The van der Waals surface area contributed by atoms with Gasteiger partial charge in [0.25, 0.3) is 0 Å². The monoisotopic (exact) mass is 238 g/mol. The van der Waals surface area contributed by atoms with E-state index in [1.165, 1.54) is 64.6 Å². The number of rotatable bonds is 5. The minimum atomic E-state index is 0.789.